The molecule has 0 radical (unpaired) electrons. The van der Waals surface area contributed by atoms with Crippen molar-refractivity contribution in [3.05, 3.63) is 41.6 Å². The van der Waals surface area contributed by atoms with E-state index in [1.807, 2.05) is 11.0 Å². The molecule has 64 heavy (non-hydrogen) atoms. The van der Waals surface area contributed by atoms with E-state index in [4.69, 9.17) is 18.9 Å². The first-order valence-corrected chi connectivity index (χ1v) is 23.5. The van der Waals surface area contributed by atoms with Gasteiger partial charge in [-0.2, -0.15) is 13.2 Å². The van der Waals surface area contributed by atoms with Crippen molar-refractivity contribution >= 4 is 44.7 Å². The number of amides is 4. The maximum Gasteiger partial charge on any atom is 0.437 e. The molecule has 5 heterocycles. The van der Waals surface area contributed by atoms with Crippen molar-refractivity contribution < 1.29 is 59.7 Å². The number of halogens is 3. The highest BCUT2D eigenvalue weighted by Crippen LogP contribution is 2.54. The van der Waals surface area contributed by atoms with Gasteiger partial charge in [-0.25, -0.2) is 18.2 Å². The summed E-state index contributed by atoms with van der Waals surface area (Å²) in [5.41, 5.74) is -5.21. The Morgan fingerprint density at radius 2 is 1.73 bits per heavy atom. The summed E-state index contributed by atoms with van der Waals surface area (Å²) < 4.78 is 96.9. The van der Waals surface area contributed by atoms with Crippen molar-refractivity contribution in [3.63, 3.8) is 0 Å². The van der Waals surface area contributed by atoms with Crippen molar-refractivity contribution in [1.82, 2.24) is 30.1 Å². The molecule has 6 aliphatic rings. The molecule has 4 amide bonds. The smallest absolute Gasteiger partial charge is 0.437 e. The van der Waals surface area contributed by atoms with Crippen LogP contribution in [-0.2, 0) is 40.1 Å². The topological polar surface area (TPSA) is 195 Å². The fraction of sp³-hybridized carbons (Fsp3) is 0.659. The third kappa shape index (κ3) is 8.97. The van der Waals surface area contributed by atoms with Crippen LogP contribution in [0.2, 0.25) is 0 Å². The fourth-order valence-electron chi connectivity index (χ4n) is 9.57. The molecule has 2 aromatic rings. The summed E-state index contributed by atoms with van der Waals surface area (Å²) in [7, 11) is -2.68. The molecule has 2 saturated heterocycles. The first-order chi connectivity index (χ1) is 30.1. The minimum absolute atomic E-state index is 0.0269. The molecule has 1 aromatic heterocycles. The Kier molecular flexibility index (Phi) is 11.9. The number of ether oxygens (including phenoxy) is 4. The Labute approximate surface area is 370 Å². The number of aromatic nitrogens is 1. The summed E-state index contributed by atoms with van der Waals surface area (Å²) >= 11 is 0. The molecule has 0 bridgehead atoms. The van der Waals surface area contributed by atoms with E-state index in [-0.39, 0.29) is 43.3 Å². The molecule has 4 fully saturated rings. The average molecular weight is 919 g/mol. The zero-order valence-corrected chi connectivity index (χ0v) is 37.6. The molecule has 6 atom stereocenters. The molecule has 3 N–H and O–H groups in total. The van der Waals surface area contributed by atoms with Crippen LogP contribution < -0.4 is 24.8 Å². The number of carbonyl (C=O) groups excluding carboxylic acids is 4. The number of sulfonamides is 1. The Balaban J connectivity index is 1.23. The number of nitrogens with one attached hydrogen (secondary N) is 3. The van der Waals surface area contributed by atoms with E-state index in [9.17, 15) is 22.8 Å². The van der Waals surface area contributed by atoms with Gasteiger partial charge in [0.15, 0.2) is 11.4 Å². The second kappa shape index (κ2) is 16.6. The monoisotopic (exact) mass is 918 g/mol. The highest BCUT2D eigenvalue weighted by molar-refractivity contribution is 7.91. The zero-order valence-electron chi connectivity index (χ0n) is 36.8. The second-order valence-electron chi connectivity index (χ2n) is 19.3. The number of allylic oxidation sites excluding steroid dienone is 1. The molecule has 2 aliphatic carbocycles. The van der Waals surface area contributed by atoms with Crippen molar-refractivity contribution in [2.24, 2.45) is 5.92 Å². The summed E-state index contributed by atoms with van der Waals surface area (Å²) in [5.74, 6) is -3.16. The third-order valence-electron chi connectivity index (χ3n) is 13.5. The SMILES string of the molecule is COc1ccc2nc(C(F)(F)F)c3c(c2c1)C(N1CCOCC1)C[C@]1(C[C@H]2C(=O)N[C@]4(C(=O)NS(=O)(=O)C5(C)CC5)CC4/C=C\CCCCC[C@H](NC(=O)OC(C)(C)C)C(=O)N2C1)O3. The van der Waals surface area contributed by atoms with E-state index >= 15 is 18.0 Å². The highest BCUT2D eigenvalue weighted by Gasteiger charge is 2.64. The lowest BCUT2D eigenvalue weighted by Crippen LogP contribution is -2.58. The Morgan fingerprint density at radius 3 is 2.41 bits per heavy atom. The Bertz CT molecular complexity index is 2350. The van der Waals surface area contributed by atoms with E-state index in [2.05, 4.69) is 20.3 Å². The molecular weight excluding hydrogens is 862 g/mol. The van der Waals surface area contributed by atoms with Crippen LogP contribution in [0.1, 0.15) is 109 Å². The minimum Gasteiger partial charge on any atom is -0.497 e. The Morgan fingerprint density at radius 1 is 1.02 bits per heavy atom. The molecule has 350 valence electrons. The summed E-state index contributed by atoms with van der Waals surface area (Å²) in [6, 6.07) is 1.20. The average Bonchev–Trinajstić information content (AvgIpc) is 4.12. The van der Waals surface area contributed by atoms with Crippen LogP contribution in [0.3, 0.4) is 0 Å². The van der Waals surface area contributed by atoms with Crippen LogP contribution in [0.25, 0.3) is 10.9 Å². The molecule has 8 rings (SSSR count). The van der Waals surface area contributed by atoms with Crippen molar-refractivity contribution in [2.75, 3.05) is 40.0 Å². The van der Waals surface area contributed by atoms with Crippen LogP contribution in [0.15, 0.2) is 30.4 Å². The zero-order chi connectivity index (χ0) is 46.0. The number of carbonyl (C=O) groups is 4. The van der Waals surface area contributed by atoms with Crippen molar-refractivity contribution in [2.45, 2.75) is 138 Å². The van der Waals surface area contributed by atoms with Crippen molar-refractivity contribution in [1.29, 1.82) is 0 Å². The number of nitrogens with zero attached hydrogens (tertiary/aromatic N) is 3. The standard InChI is InChI=1S/C44H57F3N6O10S/c1-40(2,3)63-39(57)49-30-12-10-8-6-7-9-11-26-22-43(26,38(56)51-64(58,59)41(4)15-16-41)50-36(54)32-24-42(25-53(32)37(30)55)23-31(52-17-19-61-20-18-52)33-28-21-27(60-5)13-14-29(28)48-35(34(33)62-42)44(45,46)47/h9,11,13-14,21,26,30-32H,6-8,10,12,15-20,22-25H2,1-5H3,(H,49,57)(H,50,54)(H,51,56)/b11-9-/t26?,30-,31?,32-,42+,43+/m0/s1. The van der Waals surface area contributed by atoms with E-state index in [0.29, 0.717) is 76.0 Å². The molecule has 2 saturated carbocycles. The van der Waals surface area contributed by atoms with Gasteiger partial charge in [0.2, 0.25) is 21.8 Å². The summed E-state index contributed by atoms with van der Waals surface area (Å²) in [4.78, 5) is 64.8. The van der Waals surface area contributed by atoms with Crippen molar-refractivity contribution in [3.8, 4) is 11.5 Å². The van der Waals surface area contributed by atoms with Crippen LogP contribution in [0.4, 0.5) is 18.0 Å². The lowest BCUT2D eigenvalue weighted by atomic mass is 9.82. The fourth-order valence-corrected chi connectivity index (χ4v) is 10.9. The van der Waals surface area contributed by atoms with Gasteiger partial charge in [0, 0.05) is 48.8 Å². The number of rotatable bonds is 6. The summed E-state index contributed by atoms with van der Waals surface area (Å²) in [5, 5.41) is 5.92. The Hall–Kier alpha value is -4.69. The number of benzene rings is 1. The summed E-state index contributed by atoms with van der Waals surface area (Å²) in [6.45, 7) is 7.50. The summed E-state index contributed by atoms with van der Waals surface area (Å²) in [6.07, 6.45) is 0.902. The third-order valence-corrected chi connectivity index (χ3v) is 15.6. The first kappa shape index (κ1) is 45.9. The lowest BCUT2D eigenvalue weighted by molar-refractivity contribution is -0.145. The minimum atomic E-state index is -4.99. The lowest BCUT2D eigenvalue weighted by Gasteiger charge is -2.45. The van der Waals surface area contributed by atoms with E-state index in [0.717, 1.165) is 0 Å². The van der Waals surface area contributed by atoms with Crippen LogP contribution in [-0.4, -0.2) is 121 Å². The number of pyridine rings is 1. The second-order valence-corrected chi connectivity index (χ2v) is 21.5. The predicted molar refractivity (Wildman–Crippen MR) is 226 cm³/mol. The van der Waals surface area contributed by atoms with Gasteiger partial charge in [-0.15, -0.1) is 0 Å². The normalized spacial score (nSPS) is 30.3. The van der Waals surface area contributed by atoms with Gasteiger partial charge in [0.05, 0.1) is 37.1 Å². The molecule has 4 aliphatic heterocycles. The number of methoxy groups -OCH3 is 1. The highest BCUT2D eigenvalue weighted by atomic mass is 32.2. The van der Waals surface area contributed by atoms with E-state index in [1.54, 1.807) is 32.9 Å². The van der Waals surface area contributed by atoms with E-state index in [1.165, 1.54) is 31.1 Å². The number of hydrogen-bond acceptors (Lipinski definition) is 12. The maximum absolute atomic E-state index is 15.3. The van der Waals surface area contributed by atoms with Gasteiger partial charge in [0.25, 0.3) is 5.91 Å². The maximum atomic E-state index is 15.3. The molecular formula is C44H57F3N6O10S. The van der Waals surface area contributed by atoms with Gasteiger partial charge < -0.3 is 34.5 Å². The van der Waals surface area contributed by atoms with E-state index < -0.39 is 97.0 Å². The van der Waals surface area contributed by atoms with Gasteiger partial charge in [-0.1, -0.05) is 25.0 Å². The molecule has 20 heteroatoms. The number of alkyl halides is 3. The van der Waals surface area contributed by atoms with Gasteiger partial charge in [-0.05, 0) is 84.4 Å². The van der Waals surface area contributed by atoms with Gasteiger partial charge in [0.1, 0.15) is 34.6 Å². The number of fused-ring (bicyclic) bond motifs is 5. The van der Waals surface area contributed by atoms with Gasteiger partial charge >= 0.3 is 12.3 Å². The van der Waals surface area contributed by atoms with Crippen LogP contribution in [0.5, 0.6) is 11.5 Å². The van der Waals surface area contributed by atoms with Crippen LogP contribution >= 0.6 is 0 Å². The van der Waals surface area contributed by atoms with Crippen LogP contribution in [0, 0.1) is 5.92 Å². The molecule has 1 spiro atoms. The quantitative estimate of drug-likeness (QED) is 0.327. The molecule has 2 unspecified atom stereocenters. The van der Waals surface area contributed by atoms with Gasteiger partial charge in [-0.3, -0.25) is 24.0 Å². The number of hydrogen-bond donors (Lipinski definition) is 3. The first-order valence-electron chi connectivity index (χ1n) is 22.0. The number of morpholine rings is 1. The molecule has 1 aromatic carbocycles. The largest absolute Gasteiger partial charge is 0.497 e. The molecule has 16 nitrogen and oxygen atoms in total. The number of alkyl carbamates (subject to hydrolysis) is 1. The predicted octanol–water partition coefficient (Wildman–Crippen LogP) is 5.04.